The number of β-amino-alcohol motifs (C(OH)–C–C–N with tert-alkyl or cyclic N) is 1. The van der Waals surface area contributed by atoms with Gasteiger partial charge in [0.15, 0.2) is 5.11 Å². The summed E-state index contributed by atoms with van der Waals surface area (Å²) in [7, 11) is 0. The fourth-order valence-electron chi connectivity index (χ4n) is 2.54. The molecule has 2 rings (SSSR count). The fourth-order valence-corrected chi connectivity index (χ4v) is 2.92. The molecule has 0 saturated carbocycles. The minimum Gasteiger partial charge on any atom is -0.381 e. The zero-order chi connectivity index (χ0) is 16.4. The Morgan fingerprint density at radius 3 is 2.45 bits per heavy atom. The lowest BCUT2D eigenvalue weighted by Crippen LogP contribution is -2.46. The van der Waals surface area contributed by atoms with Crippen LogP contribution in [-0.4, -0.2) is 45.6 Å². The highest BCUT2D eigenvalue weighted by molar-refractivity contribution is 7.80. The Hall–Kier alpha value is -1.99. The van der Waals surface area contributed by atoms with Gasteiger partial charge in [0.05, 0.1) is 12.2 Å². The first-order valence-electron chi connectivity index (χ1n) is 7.01. The van der Waals surface area contributed by atoms with Crippen molar-refractivity contribution in [1.82, 2.24) is 4.90 Å². The molecular weight excluding hydrogens is 302 g/mol. The normalized spacial score (nSPS) is 19.9. The SMILES string of the molecule is CC(C)[C@H]1C(=O)N(c2ccccc2)C(=S)N1CC(O)C(N)=O. The molecule has 6 nitrogen and oxygen atoms in total. The quantitative estimate of drug-likeness (QED) is 0.771. The third kappa shape index (κ3) is 2.95. The van der Waals surface area contributed by atoms with E-state index in [0.29, 0.717) is 5.69 Å². The predicted molar refractivity (Wildman–Crippen MR) is 87.1 cm³/mol. The van der Waals surface area contributed by atoms with Crippen LogP contribution in [0.4, 0.5) is 5.69 Å². The Labute approximate surface area is 134 Å². The number of aliphatic hydroxyl groups is 1. The summed E-state index contributed by atoms with van der Waals surface area (Å²) in [5.74, 6) is -1.03. The van der Waals surface area contributed by atoms with Crippen LogP contribution in [0.25, 0.3) is 0 Å². The van der Waals surface area contributed by atoms with E-state index in [1.54, 1.807) is 17.0 Å². The van der Waals surface area contributed by atoms with Crippen LogP contribution in [0.5, 0.6) is 0 Å². The number of aliphatic hydroxyl groups excluding tert-OH is 1. The highest BCUT2D eigenvalue weighted by Crippen LogP contribution is 2.28. The third-order valence-electron chi connectivity index (χ3n) is 3.59. The fraction of sp³-hybridized carbons (Fsp3) is 0.400. The number of hydrogen-bond acceptors (Lipinski definition) is 4. The Bertz CT molecular complexity index is 591. The van der Waals surface area contributed by atoms with Gasteiger partial charge in [-0.3, -0.25) is 14.5 Å². The van der Waals surface area contributed by atoms with E-state index in [1.165, 1.54) is 4.90 Å². The van der Waals surface area contributed by atoms with Gasteiger partial charge in [-0.05, 0) is 30.3 Å². The van der Waals surface area contributed by atoms with Gasteiger partial charge in [-0.15, -0.1) is 0 Å². The summed E-state index contributed by atoms with van der Waals surface area (Å²) in [5, 5.41) is 10.0. The Kier molecular flexibility index (Phi) is 4.77. The van der Waals surface area contributed by atoms with E-state index >= 15 is 0 Å². The lowest BCUT2D eigenvalue weighted by Gasteiger charge is -2.27. The van der Waals surface area contributed by atoms with Gasteiger partial charge in [0.25, 0.3) is 5.91 Å². The standard InChI is InChI=1S/C15H19N3O3S/c1-9(2)12-14(21)18(10-6-4-3-5-7-10)15(22)17(12)8-11(19)13(16)20/h3-7,9,11-12,19H,8H2,1-2H3,(H2,16,20)/t11?,12-/m0/s1. The molecule has 2 atom stereocenters. The molecule has 118 valence electrons. The molecule has 1 heterocycles. The number of rotatable bonds is 5. The monoisotopic (exact) mass is 321 g/mol. The van der Waals surface area contributed by atoms with Crippen molar-refractivity contribution >= 4 is 34.8 Å². The molecule has 1 aliphatic rings. The number of para-hydroxylation sites is 1. The van der Waals surface area contributed by atoms with Crippen molar-refractivity contribution in [2.75, 3.05) is 11.4 Å². The minimum atomic E-state index is -1.37. The molecule has 0 aliphatic carbocycles. The maximum absolute atomic E-state index is 12.7. The highest BCUT2D eigenvalue weighted by Gasteiger charge is 2.45. The molecule has 1 aliphatic heterocycles. The number of nitrogens with two attached hydrogens (primary N) is 1. The van der Waals surface area contributed by atoms with Gasteiger partial charge in [0, 0.05) is 0 Å². The minimum absolute atomic E-state index is 0.0285. The number of carbonyl (C=O) groups is 2. The number of carbonyl (C=O) groups excluding carboxylic acids is 2. The molecule has 3 N–H and O–H groups in total. The average Bonchev–Trinajstić information content (AvgIpc) is 2.70. The molecule has 0 bridgehead atoms. The van der Waals surface area contributed by atoms with E-state index in [0.717, 1.165) is 0 Å². The average molecular weight is 321 g/mol. The predicted octanol–water partition coefficient (Wildman–Crippen LogP) is 0.491. The number of hydrogen-bond donors (Lipinski definition) is 2. The van der Waals surface area contributed by atoms with Crippen LogP contribution in [-0.2, 0) is 9.59 Å². The van der Waals surface area contributed by atoms with Crippen molar-refractivity contribution in [3.8, 4) is 0 Å². The topological polar surface area (TPSA) is 86.9 Å². The Morgan fingerprint density at radius 1 is 1.36 bits per heavy atom. The molecule has 0 spiro atoms. The number of nitrogens with zero attached hydrogens (tertiary/aromatic N) is 2. The van der Waals surface area contributed by atoms with Crippen LogP contribution in [0.1, 0.15) is 13.8 Å². The van der Waals surface area contributed by atoms with Crippen LogP contribution < -0.4 is 10.6 Å². The summed E-state index contributed by atoms with van der Waals surface area (Å²) in [6.07, 6.45) is -1.37. The van der Waals surface area contributed by atoms with Crippen molar-refractivity contribution in [2.45, 2.75) is 26.0 Å². The van der Waals surface area contributed by atoms with E-state index < -0.39 is 18.1 Å². The molecule has 1 aromatic carbocycles. The smallest absolute Gasteiger partial charge is 0.256 e. The molecule has 2 amide bonds. The van der Waals surface area contributed by atoms with Crippen molar-refractivity contribution < 1.29 is 14.7 Å². The van der Waals surface area contributed by atoms with Crippen LogP contribution in [0.2, 0.25) is 0 Å². The molecule has 1 saturated heterocycles. The van der Waals surface area contributed by atoms with E-state index in [2.05, 4.69) is 0 Å². The first-order valence-corrected chi connectivity index (χ1v) is 7.42. The van der Waals surface area contributed by atoms with Gasteiger partial charge in [-0.2, -0.15) is 0 Å². The molecule has 1 fully saturated rings. The molecule has 0 radical (unpaired) electrons. The molecule has 0 aromatic heterocycles. The van der Waals surface area contributed by atoms with Crippen LogP contribution in [0, 0.1) is 5.92 Å². The van der Waals surface area contributed by atoms with E-state index in [9.17, 15) is 14.7 Å². The molecule has 7 heteroatoms. The van der Waals surface area contributed by atoms with Gasteiger partial charge < -0.3 is 15.7 Å². The van der Waals surface area contributed by atoms with Gasteiger partial charge in [0.1, 0.15) is 12.1 Å². The number of anilines is 1. The summed E-state index contributed by atoms with van der Waals surface area (Å²) in [6, 6.07) is 8.53. The summed E-state index contributed by atoms with van der Waals surface area (Å²) >= 11 is 5.39. The van der Waals surface area contributed by atoms with Crippen molar-refractivity contribution in [1.29, 1.82) is 0 Å². The molecule has 1 aromatic rings. The number of thiocarbonyl (C=S) groups is 1. The number of benzene rings is 1. The van der Waals surface area contributed by atoms with Crippen LogP contribution in [0.3, 0.4) is 0 Å². The van der Waals surface area contributed by atoms with Crippen molar-refractivity contribution in [2.24, 2.45) is 11.7 Å². The van der Waals surface area contributed by atoms with E-state index in [1.807, 2.05) is 32.0 Å². The first kappa shape index (κ1) is 16.4. The maximum Gasteiger partial charge on any atom is 0.256 e. The molecule has 22 heavy (non-hydrogen) atoms. The molecule has 1 unspecified atom stereocenters. The highest BCUT2D eigenvalue weighted by atomic mass is 32.1. The molecular formula is C15H19N3O3S. The van der Waals surface area contributed by atoms with Crippen molar-refractivity contribution in [3.63, 3.8) is 0 Å². The maximum atomic E-state index is 12.7. The Morgan fingerprint density at radius 2 is 1.95 bits per heavy atom. The van der Waals surface area contributed by atoms with E-state index in [4.69, 9.17) is 18.0 Å². The van der Waals surface area contributed by atoms with Gasteiger partial charge >= 0.3 is 0 Å². The van der Waals surface area contributed by atoms with Gasteiger partial charge in [0.2, 0.25) is 5.91 Å². The summed E-state index contributed by atoms with van der Waals surface area (Å²) in [4.78, 5) is 26.8. The summed E-state index contributed by atoms with van der Waals surface area (Å²) < 4.78 is 0. The second kappa shape index (κ2) is 6.41. The number of primary amides is 1. The lowest BCUT2D eigenvalue weighted by molar-refractivity contribution is -0.128. The second-order valence-electron chi connectivity index (χ2n) is 5.55. The third-order valence-corrected chi connectivity index (χ3v) is 4.01. The first-order chi connectivity index (χ1) is 10.3. The van der Waals surface area contributed by atoms with Crippen LogP contribution in [0.15, 0.2) is 30.3 Å². The summed E-state index contributed by atoms with van der Waals surface area (Å²) in [6.45, 7) is 3.69. The second-order valence-corrected chi connectivity index (χ2v) is 5.92. The van der Waals surface area contributed by atoms with Gasteiger partial charge in [-0.1, -0.05) is 32.0 Å². The van der Waals surface area contributed by atoms with Crippen molar-refractivity contribution in [3.05, 3.63) is 30.3 Å². The summed E-state index contributed by atoms with van der Waals surface area (Å²) in [5.41, 5.74) is 5.77. The number of amides is 2. The Balaban J connectivity index is 2.35. The van der Waals surface area contributed by atoms with E-state index in [-0.39, 0.29) is 23.5 Å². The largest absolute Gasteiger partial charge is 0.381 e. The lowest BCUT2D eigenvalue weighted by atomic mass is 10.0. The van der Waals surface area contributed by atoms with Crippen LogP contribution >= 0.6 is 12.2 Å². The van der Waals surface area contributed by atoms with Gasteiger partial charge in [-0.25, -0.2) is 0 Å². The zero-order valence-corrected chi connectivity index (χ0v) is 13.3. The zero-order valence-electron chi connectivity index (χ0n) is 12.5.